The summed E-state index contributed by atoms with van der Waals surface area (Å²) < 4.78 is 0. The summed E-state index contributed by atoms with van der Waals surface area (Å²) in [6, 6.07) is 3.09. The number of amides is 3. The first-order valence-electron chi connectivity index (χ1n) is 11.4. The Kier molecular flexibility index (Phi) is 6.27. The first-order valence-corrected chi connectivity index (χ1v) is 11.4. The molecule has 8 nitrogen and oxygen atoms in total. The van der Waals surface area contributed by atoms with E-state index in [0.29, 0.717) is 31.1 Å². The summed E-state index contributed by atoms with van der Waals surface area (Å²) in [4.78, 5) is 44.6. The molecule has 8 heteroatoms. The summed E-state index contributed by atoms with van der Waals surface area (Å²) in [6.45, 7) is 2.49. The number of carbonyl (C=O) groups excluding carboxylic acids is 3. The molecule has 3 amide bonds. The number of aromatic nitrogens is 1. The Morgan fingerprint density at radius 3 is 2.61 bits per heavy atom. The maximum absolute atomic E-state index is 13.6. The van der Waals surface area contributed by atoms with Gasteiger partial charge in [0.05, 0.1) is 0 Å². The SMILES string of the molecule is Cc1ccc(NC(=O)[C@@H]2CC3(CC3)CN2C(=O)[C@@H](CC(=O)NO)CC2CCCC2)nc1. The summed E-state index contributed by atoms with van der Waals surface area (Å²) >= 11 is 0. The van der Waals surface area contributed by atoms with Gasteiger partial charge in [-0.15, -0.1) is 0 Å². The average molecular weight is 429 g/mol. The summed E-state index contributed by atoms with van der Waals surface area (Å²) in [5, 5.41) is 11.9. The van der Waals surface area contributed by atoms with Gasteiger partial charge in [-0.05, 0) is 55.6 Å². The molecule has 1 saturated heterocycles. The lowest BCUT2D eigenvalue weighted by Crippen LogP contribution is -2.46. The largest absolute Gasteiger partial charge is 0.330 e. The Balaban J connectivity index is 1.50. The molecule has 3 aliphatic rings. The number of likely N-dealkylation sites (tertiary alicyclic amines) is 1. The molecule has 31 heavy (non-hydrogen) atoms. The molecular formula is C23H32N4O4. The molecule has 0 aromatic carbocycles. The highest BCUT2D eigenvalue weighted by Crippen LogP contribution is 2.55. The van der Waals surface area contributed by atoms with Gasteiger partial charge in [0, 0.05) is 25.1 Å². The molecule has 0 bridgehead atoms. The highest BCUT2D eigenvalue weighted by molar-refractivity contribution is 5.98. The zero-order chi connectivity index (χ0) is 22.0. The minimum atomic E-state index is -0.554. The lowest BCUT2D eigenvalue weighted by molar-refractivity contribution is -0.144. The van der Waals surface area contributed by atoms with Gasteiger partial charge in [-0.25, -0.2) is 10.5 Å². The number of hydroxylamine groups is 1. The molecule has 3 N–H and O–H groups in total. The summed E-state index contributed by atoms with van der Waals surface area (Å²) in [5.41, 5.74) is 2.71. The summed E-state index contributed by atoms with van der Waals surface area (Å²) in [6.07, 6.45) is 9.40. The Hall–Kier alpha value is -2.48. The van der Waals surface area contributed by atoms with Crippen LogP contribution in [-0.4, -0.2) is 45.4 Å². The van der Waals surface area contributed by atoms with E-state index >= 15 is 0 Å². The molecule has 3 fully saturated rings. The fraction of sp³-hybridized carbons (Fsp3) is 0.652. The van der Waals surface area contributed by atoms with Crippen LogP contribution >= 0.6 is 0 Å². The van der Waals surface area contributed by atoms with Crippen LogP contribution in [0.15, 0.2) is 18.3 Å². The predicted octanol–water partition coefficient (Wildman–Crippen LogP) is 2.80. The number of nitrogens with zero attached hydrogens (tertiary/aromatic N) is 2. The first kappa shape index (κ1) is 21.7. The van der Waals surface area contributed by atoms with Crippen LogP contribution < -0.4 is 10.8 Å². The molecule has 2 heterocycles. The van der Waals surface area contributed by atoms with Crippen molar-refractivity contribution in [3.63, 3.8) is 0 Å². The van der Waals surface area contributed by atoms with Crippen LogP contribution in [0.2, 0.25) is 0 Å². The van der Waals surface area contributed by atoms with Gasteiger partial charge < -0.3 is 10.2 Å². The molecule has 1 aromatic rings. The number of rotatable bonds is 7. The van der Waals surface area contributed by atoms with E-state index in [4.69, 9.17) is 5.21 Å². The first-order chi connectivity index (χ1) is 14.9. The molecule has 1 spiro atoms. The quantitative estimate of drug-likeness (QED) is 0.457. The van der Waals surface area contributed by atoms with Gasteiger partial charge >= 0.3 is 0 Å². The smallest absolute Gasteiger partial charge is 0.248 e. The Labute approximate surface area is 182 Å². The normalized spacial score (nSPS) is 23.0. The van der Waals surface area contributed by atoms with Crippen LogP contribution in [0.1, 0.15) is 63.4 Å². The molecule has 2 atom stereocenters. The second-order valence-electron chi connectivity index (χ2n) is 9.72. The summed E-state index contributed by atoms with van der Waals surface area (Å²) in [5.74, 6) is -0.543. The van der Waals surface area contributed by atoms with E-state index in [1.54, 1.807) is 22.6 Å². The number of hydrogen-bond donors (Lipinski definition) is 3. The van der Waals surface area contributed by atoms with Crippen molar-refractivity contribution < 1.29 is 19.6 Å². The molecule has 2 saturated carbocycles. The average Bonchev–Trinajstić information content (AvgIpc) is 3.13. The number of anilines is 1. The molecule has 168 valence electrons. The Morgan fingerprint density at radius 1 is 1.26 bits per heavy atom. The van der Waals surface area contributed by atoms with Crippen LogP contribution in [0.5, 0.6) is 0 Å². The second kappa shape index (κ2) is 8.94. The number of nitrogens with one attached hydrogen (secondary N) is 2. The maximum atomic E-state index is 13.6. The minimum absolute atomic E-state index is 0.0372. The van der Waals surface area contributed by atoms with Crippen molar-refractivity contribution in [2.75, 3.05) is 11.9 Å². The summed E-state index contributed by atoms with van der Waals surface area (Å²) in [7, 11) is 0. The lowest BCUT2D eigenvalue weighted by Gasteiger charge is -2.29. The lowest BCUT2D eigenvalue weighted by atomic mass is 9.89. The third-order valence-electron chi connectivity index (χ3n) is 7.21. The van der Waals surface area contributed by atoms with E-state index in [2.05, 4.69) is 10.3 Å². The highest BCUT2D eigenvalue weighted by Gasteiger charge is 2.55. The van der Waals surface area contributed by atoms with Crippen molar-refractivity contribution in [3.05, 3.63) is 23.9 Å². The predicted molar refractivity (Wildman–Crippen MR) is 114 cm³/mol. The van der Waals surface area contributed by atoms with Gasteiger partial charge in [0.25, 0.3) is 0 Å². The van der Waals surface area contributed by atoms with Gasteiger partial charge in [-0.2, -0.15) is 0 Å². The molecule has 4 rings (SSSR count). The van der Waals surface area contributed by atoms with Crippen molar-refractivity contribution in [3.8, 4) is 0 Å². The fourth-order valence-corrected chi connectivity index (χ4v) is 5.24. The van der Waals surface area contributed by atoms with Gasteiger partial charge in [-0.3, -0.25) is 19.6 Å². The topological polar surface area (TPSA) is 112 Å². The number of aryl methyl sites for hydroxylation is 1. The van der Waals surface area contributed by atoms with E-state index in [-0.39, 0.29) is 23.7 Å². The molecule has 1 aliphatic heterocycles. The van der Waals surface area contributed by atoms with Crippen LogP contribution in [0.3, 0.4) is 0 Å². The highest BCUT2D eigenvalue weighted by atomic mass is 16.5. The van der Waals surface area contributed by atoms with Crippen molar-refractivity contribution in [2.24, 2.45) is 17.3 Å². The molecule has 2 aliphatic carbocycles. The zero-order valence-electron chi connectivity index (χ0n) is 18.1. The Bertz CT molecular complexity index is 830. The van der Waals surface area contributed by atoms with Crippen molar-refractivity contribution in [1.29, 1.82) is 0 Å². The van der Waals surface area contributed by atoms with E-state index in [1.807, 2.05) is 13.0 Å². The number of hydrogen-bond acceptors (Lipinski definition) is 5. The van der Waals surface area contributed by atoms with Crippen molar-refractivity contribution in [1.82, 2.24) is 15.4 Å². The van der Waals surface area contributed by atoms with E-state index in [9.17, 15) is 14.4 Å². The van der Waals surface area contributed by atoms with E-state index in [0.717, 1.165) is 44.1 Å². The van der Waals surface area contributed by atoms with E-state index < -0.39 is 17.9 Å². The number of pyridine rings is 1. The van der Waals surface area contributed by atoms with Gasteiger partial charge in [0.15, 0.2) is 0 Å². The minimum Gasteiger partial charge on any atom is -0.330 e. The maximum Gasteiger partial charge on any atom is 0.248 e. The molecule has 0 radical (unpaired) electrons. The molecule has 1 aromatic heterocycles. The van der Waals surface area contributed by atoms with Gasteiger partial charge in [0.1, 0.15) is 11.9 Å². The van der Waals surface area contributed by atoms with Gasteiger partial charge in [0.2, 0.25) is 17.7 Å². The van der Waals surface area contributed by atoms with Crippen LogP contribution in [0.25, 0.3) is 0 Å². The standard InChI is InChI=1S/C23H32N4O4/c1-15-6-7-19(24-13-15)25-21(29)18-12-23(8-9-23)14-27(18)22(30)17(11-20(28)26-31)10-16-4-2-3-5-16/h6-7,13,16-18,31H,2-5,8-12,14H2,1H3,(H,26,28)(H,24,25,29)/t17-,18+/m1/s1. The van der Waals surface area contributed by atoms with Crippen LogP contribution in [0, 0.1) is 24.2 Å². The molecule has 0 unspecified atom stereocenters. The third-order valence-corrected chi connectivity index (χ3v) is 7.21. The van der Waals surface area contributed by atoms with Crippen molar-refractivity contribution in [2.45, 2.75) is 70.8 Å². The fourth-order valence-electron chi connectivity index (χ4n) is 5.24. The number of carbonyl (C=O) groups is 3. The van der Waals surface area contributed by atoms with Crippen molar-refractivity contribution >= 4 is 23.5 Å². The van der Waals surface area contributed by atoms with Crippen LogP contribution in [0.4, 0.5) is 5.82 Å². The Morgan fingerprint density at radius 2 is 2.00 bits per heavy atom. The third kappa shape index (κ3) is 5.06. The van der Waals surface area contributed by atoms with Crippen LogP contribution in [-0.2, 0) is 14.4 Å². The molecular weight excluding hydrogens is 396 g/mol. The zero-order valence-corrected chi connectivity index (χ0v) is 18.1. The van der Waals surface area contributed by atoms with E-state index in [1.165, 1.54) is 0 Å². The second-order valence-corrected chi connectivity index (χ2v) is 9.72. The monoisotopic (exact) mass is 428 g/mol. The van der Waals surface area contributed by atoms with Gasteiger partial charge in [-0.1, -0.05) is 31.7 Å².